The van der Waals surface area contributed by atoms with Gasteiger partial charge in [-0.1, -0.05) is 23.7 Å². The Morgan fingerprint density at radius 1 is 1.08 bits per heavy atom. The van der Waals surface area contributed by atoms with Crippen molar-refractivity contribution >= 4 is 34.7 Å². The van der Waals surface area contributed by atoms with Crippen LogP contribution in [0.4, 0.5) is 17.2 Å². The molecule has 0 aliphatic heterocycles. The lowest BCUT2D eigenvalue weighted by Crippen LogP contribution is -2.14. The summed E-state index contributed by atoms with van der Waals surface area (Å²) < 4.78 is 5.13. The first-order valence-electron chi connectivity index (χ1n) is 7.86. The van der Waals surface area contributed by atoms with Gasteiger partial charge in [0.1, 0.15) is 23.6 Å². The number of aromatic nitrogens is 2. The zero-order valence-electron chi connectivity index (χ0n) is 14.3. The average Bonchev–Trinajstić information content (AvgIpc) is 2.62. The number of hydrogen-bond acceptors (Lipinski definition) is 5. The highest BCUT2D eigenvalue weighted by molar-refractivity contribution is 6.32. The van der Waals surface area contributed by atoms with Crippen LogP contribution in [0.15, 0.2) is 54.9 Å². The highest BCUT2D eigenvalue weighted by atomic mass is 35.5. The molecule has 0 aliphatic rings. The Bertz CT molecular complexity index is 946. The second kappa shape index (κ2) is 7.84. The van der Waals surface area contributed by atoms with Gasteiger partial charge >= 0.3 is 0 Å². The first-order chi connectivity index (χ1) is 12.5. The first-order valence-corrected chi connectivity index (χ1v) is 8.23. The van der Waals surface area contributed by atoms with Crippen molar-refractivity contribution in [2.75, 3.05) is 17.7 Å². The molecule has 6 nitrogen and oxygen atoms in total. The van der Waals surface area contributed by atoms with Gasteiger partial charge in [0.2, 0.25) is 0 Å². The van der Waals surface area contributed by atoms with Crippen molar-refractivity contribution in [3.63, 3.8) is 0 Å². The fourth-order valence-electron chi connectivity index (χ4n) is 2.36. The van der Waals surface area contributed by atoms with Crippen molar-refractivity contribution in [2.45, 2.75) is 6.92 Å². The van der Waals surface area contributed by atoms with Gasteiger partial charge < -0.3 is 15.4 Å². The maximum absolute atomic E-state index is 12.4. The van der Waals surface area contributed by atoms with E-state index in [1.54, 1.807) is 31.4 Å². The minimum Gasteiger partial charge on any atom is -0.495 e. The van der Waals surface area contributed by atoms with Crippen molar-refractivity contribution in [2.24, 2.45) is 0 Å². The second-order valence-corrected chi connectivity index (χ2v) is 5.99. The zero-order valence-corrected chi connectivity index (χ0v) is 15.0. The molecule has 2 N–H and O–H groups in total. The maximum Gasteiger partial charge on any atom is 0.274 e. The van der Waals surface area contributed by atoms with Crippen LogP contribution in [0.2, 0.25) is 5.02 Å². The van der Waals surface area contributed by atoms with Crippen LogP contribution in [-0.2, 0) is 0 Å². The number of anilines is 3. The summed E-state index contributed by atoms with van der Waals surface area (Å²) in [6.07, 6.45) is 1.33. The molecule has 26 heavy (non-hydrogen) atoms. The third-order valence-corrected chi connectivity index (χ3v) is 3.90. The summed E-state index contributed by atoms with van der Waals surface area (Å²) in [5.41, 5.74) is 2.75. The molecule has 3 aromatic rings. The summed E-state index contributed by atoms with van der Waals surface area (Å²) in [5, 5.41) is 6.39. The molecule has 7 heteroatoms. The van der Waals surface area contributed by atoms with E-state index < -0.39 is 0 Å². The van der Waals surface area contributed by atoms with Crippen molar-refractivity contribution in [3.05, 3.63) is 71.1 Å². The van der Waals surface area contributed by atoms with Gasteiger partial charge in [-0.15, -0.1) is 0 Å². The molecule has 0 atom stereocenters. The average molecular weight is 369 g/mol. The molecule has 132 valence electrons. The number of carbonyl (C=O) groups excluding carboxylic acids is 1. The molecule has 1 amide bonds. The van der Waals surface area contributed by atoms with Crippen LogP contribution in [-0.4, -0.2) is 23.0 Å². The van der Waals surface area contributed by atoms with Crippen molar-refractivity contribution in [1.82, 2.24) is 9.97 Å². The van der Waals surface area contributed by atoms with Gasteiger partial charge in [-0.05, 0) is 42.8 Å². The van der Waals surface area contributed by atoms with E-state index >= 15 is 0 Å². The molecule has 0 radical (unpaired) electrons. The van der Waals surface area contributed by atoms with Gasteiger partial charge in [0.25, 0.3) is 5.91 Å². The number of halogens is 1. The van der Waals surface area contributed by atoms with E-state index in [1.807, 2.05) is 31.2 Å². The van der Waals surface area contributed by atoms with Crippen LogP contribution in [0.1, 0.15) is 16.1 Å². The third-order valence-electron chi connectivity index (χ3n) is 3.60. The smallest absolute Gasteiger partial charge is 0.274 e. The molecule has 0 saturated carbocycles. The molecule has 0 saturated heterocycles. The van der Waals surface area contributed by atoms with Crippen LogP contribution in [0, 0.1) is 6.92 Å². The van der Waals surface area contributed by atoms with Gasteiger partial charge in [0.05, 0.1) is 12.1 Å². The standard InChI is InChI=1S/C19H17ClN4O2/c1-12-4-3-5-13(8-12)24-19(25)16-10-18(22-11-21-16)23-14-6-7-17(26-2)15(20)9-14/h3-11H,1-2H3,(H,24,25)(H,21,22,23). The van der Waals surface area contributed by atoms with Crippen LogP contribution < -0.4 is 15.4 Å². The monoisotopic (exact) mass is 368 g/mol. The van der Waals surface area contributed by atoms with Gasteiger partial charge in [0.15, 0.2) is 0 Å². The second-order valence-electron chi connectivity index (χ2n) is 5.59. The lowest BCUT2D eigenvalue weighted by molar-refractivity contribution is 0.102. The van der Waals surface area contributed by atoms with Gasteiger partial charge in [-0.25, -0.2) is 9.97 Å². The van der Waals surface area contributed by atoms with Gasteiger partial charge in [-0.3, -0.25) is 4.79 Å². The van der Waals surface area contributed by atoms with E-state index in [-0.39, 0.29) is 11.6 Å². The lowest BCUT2D eigenvalue weighted by Gasteiger charge is -2.09. The molecule has 0 bridgehead atoms. The largest absolute Gasteiger partial charge is 0.495 e. The topological polar surface area (TPSA) is 76.1 Å². The summed E-state index contributed by atoms with van der Waals surface area (Å²) in [5.74, 6) is 0.752. The predicted octanol–water partition coefficient (Wildman–Crippen LogP) is 4.44. The Balaban J connectivity index is 1.75. The predicted molar refractivity (Wildman–Crippen MR) is 102 cm³/mol. The minimum atomic E-state index is -0.311. The maximum atomic E-state index is 12.4. The lowest BCUT2D eigenvalue weighted by atomic mass is 10.2. The Morgan fingerprint density at radius 3 is 2.65 bits per heavy atom. The van der Waals surface area contributed by atoms with Crippen LogP contribution in [0.3, 0.4) is 0 Å². The van der Waals surface area contributed by atoms with Crippen molar-refractivity contribution < 1.29 is 9.53 Å². The molecule has 0 aliphatic carbocycles. The first kappa shape index (κ1) is 17.7. The van der Waals surface area contributed by atoms with E-state index in [0.717, 1.165) is 11.3 Å². The van der Waals surface area contributed by atoms with Crippen LogP contribution in [0.25, 0.3) is 0 Å². The Kier molecular flexibility index (Phi) is 5.34. The number of benzene rings is 2. The van der Waals surface area contributed by atoms with Gasteiger partial charge in [-0.2, -0.15) is 0 Å². The van der Waals surface area contributed by atoms with E-state index in [2.05, 4.69) is 20.6 Å². The van der Waals surface area contributed by atoms with Crippen LogP contribution in [0.5, 0.6) is 5.75 Å². The Labute approximate surface area is 156 Å². The summed E-state index contributed by atoms with van der Waals surface area (Å²) in [6.45, 7) is 1.96. The van der Waals surface area contributed by atoms with Crippen molar-refractivity contribution in [3.8, 4) is 5.75 Å². The quantitative estimate of drug-likeness (QED) is 0.696. The normalized spacial score (nSPS) is 10.3. The number of nitrogens with one attached hydrogen (secondary N) is 2. The zero-order chi connectivity index (χ0) is 18.5. The van der Waals surface area contributed by atoms with E-state index in [1.165, 1.54) is 6.33 Å². The SMILES string of the molecule is COc1ccc(Nc2cc(C(=O)Nc3cccc(C)c3)ncn2)cc1Cl. The minimum absolute atomic E-state index is 0.253. The third kappa shape index (κ3) is 4.29. The van der Waals surface area contributed by atoms with E-state index in [0.29, 0.717) is 22.3 Å². The Morgan fingerprint density at radius 2 is 1.92 bits per heavy atom. The number of methoxy groups -OCH3 is 1. The molecule has 1 heterocycles. The number of carbonyl (C=O) groups is 1. The number of ether oxygens (including phenoxy) is 1. The molecular weight excluding hydrogens is 352 g/mol. The number of aryl methyl sites for hydroxylation is 1. The highest BCUT2D eigenvalue weighted by Crippen LogP contribution is 2.28. The highest BCUT2D eigenvalue weighted by Gasteiger charge is 2.10. The Hall–Kier alpha value is -3.12. The summed E-state index contributed by atoms with van der Waals surface area (Å²) in [4.78, 5) is 20.6. The summed E-state index contributed by atoms with van der Waals surface area (Å²) >= 11 is 6.12. The van der Waals surface area contributed by atoms with E-state index in [9.17, 15) is 4.79 Å². The van der Waals surface area contributed by atoms with Crippen LogP contribution >= 0.6 is 11.6 Å². The number of amides is 1. The summed E-state index contributed by atoms with van der Waals surface area (Å²) in [6, 6.07) is 14.4. The molecule has 3 rings (SSSR count). The number of rotatable bonds is 5. The number of nitrogens with zero attached hydrogens (tertiary/aromatic N) is 2. The van der Waals surface area contributed by atoms with E-state index in [4.69, 9.17) is 16.3 Å². The molecule has 0 spiro atoms. The molecular formula is C19H17ClN4O2. The van der Waals surface area contributed by atoms with Crippen molar-refractivity contribution in [1.29, 1.82) is 0 Å². The molecule has 2 aromatic carbocycles. The fraction of sp³-hybridized carbons (Fsp3) is 0.105. The molecule has 0 unspecified atom stereocenters. The fourth-order valence-corrected chi connectivity index (χ4v) is 2.62. The molecule has 1 aromatic heterocycles. The van der Waals surface area contributed by atoms with Gasteiger partial charge in [0, 0.05) is 17.4 Å². The number of hydrogen-bond donors (Lipinski definition) is 2. The summed E-state index contributed by atoms with van der Waals surface area (Å²) in [7, 11) is 1.55. The molecule has 0 fully saturated rings.